The van der Waals surface area contributed by atoms with Crippen molar-refractivity contribution in [2.24, 2.45) is 0 Å². The summed E-state index contributed by atoms with van der Waals surface area (Å²) in [7, 11) is 1.83. The van der Waals surface area contributed by atoms with E-state index in [4.69, 9.17) is 4.52 Å². The predicted molar refractivity (Wildman–Crippen MR) is 112 cm³/mol. The third kappa shape index (κ3) is 4.06. The van der Waals surface area contributed by atoms with Crippen molar-refractivity contribution in [3.05, 3.63) is 72.1 Å². The molecule has 2 aromatic heterocycles. The number of likely N-dealkylation sites (N-methyl/N-ethyl adjacent to an activating group) is 1. The smallest absolute Gasteiger partial charge is 0.274 e. The van der Waals surface area contributed by atoms with Crippen LogP contribution in [0.15, 0.2) is 65.2 Å². The van der Waals surface area contributed by atoms with Crippen LogP contribution in [0.25, 0.3) is 22.5 Å². The van der Waals surface area contributed by atoms with Gasteiger partial charge in [0.15, 0.2) is 5.82 Å². The van der Waals surface area contributed by atoms with E-state index in [0.29, 0.717) is 24.7 Å². The zero-order valence-electron chi connectivity index (χ0n) is 16.6. The topological polar surface area (TPSA) is 75.0 Å². The lowest BCUT2D eigenvalue weighted by Crippen LogP contribution is -2.33. The maximum absolute atomic E-state index is 12.9. The predicted octanol–water partition coefficient (Wildman–Crippen LogP) is 4.41. The zero-order valence-corrected chi connectivity index (χ0v) is 16.6. The number of fused-ring (bicyclic) bond motifs is 1. The van der Waals surface area contributed by atoms with Gasteiger partial charge in [-0.2, -0.15) is 4.98 Å². The van der Waals surface area contributed by atoms with E-state index in [1.54, 1.807) is 4.90 Å². The Morgan fingerprint density at radius 1 is 1.14 bits per heavy atom. The standard InChI is InChI=1S/C23H24N4O2/c1-3-18(16-9-5-4-6-10-16)23(28)27(2)14-13-21-25-22(29-26-21)20-15-17-11-7-8-12-19(17)24-20/h4-12,15,18,24H,3,13-14H2,1-2H3/t18-/m1/s1. The van der Waals surface area contributed by atoms with Gasteiger partial charge >= 0.3 is 0 Å². The molecular weight excluding hydrogens is 364 g/mol. The Bertz CT molecular complexity index is 1070. The fourth-order valence-corrected chi connectivity index (χ4v) is 3.54. The second-order valence-corrected chi connectivity index (χ2v) is 7.17. The van der Waals surface area contributed by atoms with E-state index >= 15 is 0 Å². The molecule has 0 unspecified atom stereocenters. The highest BCUT2D eigenvalue weighted by Crippen LogP contribution is 2.23. The number of nitrogens with zero attached hydrogens (tertiary/aromatic N) is 3. The van der Waals surface area contributed by atoms with Crippen molar-refractivity contribution in [3.63, 3.8) is 0 Å². The van der Waals surface area contributed by atoms with Gasteiger partial charge in [-0.05, 0) is 24.1 Å². The summed E-state index contributed by atoms with van der Waals surface area (Å²) in [6.07, 6.45) is 1.30. The number of para-hydroxylation sites is 1. The van der Waals surface area contributed by atoms with E-state index < -0.39 is 0 Å². The van der Waals surface area contributed by atoms with Crippen LogP contribution in [0.2, 0.25) is 0 Å². The fourth-order valence-electron chi connectivity index (χ4n) is 3.54. The van der Waals surface area contributed by atoms with Gasteiger partial charge in [-0.3, -0.25) is 4.79 Å². The van der Waals surface area contributed by atoms with Crippen molar-refractivity contribution >= 4 is 16.8 Å². The highest BCUT2D eigenvalue weighted by Gasteiger charge is 2.22. The Labute approximate surface area is 169 Å². The number of carbonyl (C=O) groups is 1. The van der Waals surface area contributed by atoms with Crippen molar-refractivity contribution in [1.82, 2.24) is 20.0 Å². The Morgan fingerprint density at radius 3 is 2.66 bits per heavy atom. The van der Waals surface area contributed by atoms with E-state index in [1.807, 2.05) is 74.6 Å². The van der Waals surface area contributed by atoms with E-state index in [1.165, 1.54) is 0 Å². The maximum Gasteiger partial charge on any atom is 0.274 e. The summed E-state index contributed by atoms with van der Waals surface area (Å²) >= 11 is 0. The number of nitrogens with one attached hydrogen (secondary N) is 1. The van der Waals surface area contributed by atoms with Crippen LogP contribution in [-0.2, 0) is 11.2 Å². The van der Waals surface area contributed by atoms with E-state index in [9.17, 15) is 4.79 Å². The summed E-state index contributed by atoms with van der Waals surface area (Å²) in [5.41, 5.74) is 2.87. The molecule has 29 heavy (non-hydrogen) atoms. The SMILES string of the molecule is CC[C@@H](C(=O)N(C)CCc1noc(-c2cc3ccccc3[nH]2)n1)c1ccccc1. The number of H-pyrrole nitrogens is 1. The van der Waals surface area contributed by atoms with Crippen LogP contribution in [0.1, 0.15) is 30.7 Å². The number of aromatic nitrogens is 3. The minimum absolute atomic E-state index is 0.109. The van der Waals surface area contributed by atoms with Gasteiger partial charge in [0.25, 0.3) is 5.89 Å². The molecule has 4 rings (SSSR count). The van der Waals surface area contributed by atoms with Gasteiger partial charge in [0, 0.05) is 30.9 Å². The van der Waals surface area contributed by atoms with Crippen LogP contribution in [0, 0.1) is 0 Å². The molecule has 0 aliphatic carbocycles. The van der Waals surface area contributed by atoms with Crippen LogP contribution in [0.4, 0.5) is 0 Å². The molecule has 0 bridgehead atoms. The summed E-state index contributed by atoms with van der Waals surface area (Å²) in [6, 6.07) is 19.9. The van der Waals surface area contributed by atoms with Crippen molar-refractivity contribution in [1.29, 1.82) is 0 Å². The monoisotopic (exact) mass is 388 g/mol. The third-order valence-corrected chi connectivity index (χ3v) is 5.18. The lowest BCUT2D eigenvalue weighted by atomic mass is 9.95. The molecule has 0 aliphatic heterocycles. The molecule has 148 valence electrons. The van der Waals surface area contributed by atoms with Gasteiger partial charge in [0.2, 0.25) is 5.91 Å². The fraction of sp³-hybridized carbons (Fsp3) is 0.261. The summed E-state index contributed by atoms with van der Waals surface area (Å²) in [6.45, 7) is 2.57. The van der Waals surface area contributed by atoms with Crippen LogP contribution >= 0.6 is 0 Å². The molecule has 4 aromatic rings. The average Bonchev–Trinajstić information content (AvgIpc) is 3.40. The van der Waals surface area contributed by atoms with Crippen molar-refractivity contribution in [2.45, 2.75) is 25.7 Å². The van der Waals surface area contributed by atoms with Crippen molar-refractivity contribution in [2.75, 3.05) is 13.6 Å². The van der Waals surface area contributed by atoms with E-state index in [2.05, 4.69) is 15.1 Å². The summed E-state index contributed by atoms with van der Waals surface area (Å²) in [5.74, 6) is 1.03. The lowest BCUT2D eigenvalue weighted by Gasteiger charge is -2.23. The van der Waals surface area contributed by atoms with Crippen LogP contribution in [0.5, 0.6) is 0 Å². The summed E-state index contributed by atoms with van der Waals surface area (Å²) in [4.78, 5) is 22.4. The number of aromatic amines is 1. The van der Waals surface area contributed by atoms with Crippen molar-refractivity contribution in [3.8, 4) is 11.6 Å². The van der Waals surface area contributed by atoms with Gasteiger partial charge < -0.3 is 14.4 Å². The third-order valence-electron chi connectivity index (χ3n) is 5.18. The van der Waals surface area contributed by atoms with Gasteiger partial charge in [0.1, 0.15) is 5.69 Å². The van der Waals surface area contributed by atoms with Gasteiger partial charge in [-0.25, -0.2) is 0 Å². The second kappa shape index (κ2) is 8.31. The Hall–Kier alpha value is -3.41. The molecule has 0 saturated carbocycles. The van der Waals surface area contributed by atoms with Gasteiger partial charge in [0.05, 0.1) is 5.92 Å². The van der Waals surface area contributed by atoms with Gasteiger partial charge in [-0.15, -0.1) is 0 Å². The summed E-state index contributed by atoms with van der Waals surface area (Å²) in [5, 5.41) is 5.17. The summed E-state index contributed by atoms with van der Waals surface area (Å²) < 4.78 is 5.42. The molecule has 1 N–H and O–H groups in total. The molecule has 6 nitrogen and oxygen atoms in total. The Kier molecular flexibility index (Phi) is 5.42. The second-order valence-electron chi connectivity index (χ2n) is 7.17. The number of carbonyl (C=O) groups excluding carboxylic acids is 1. The Balaban J connectivity index is 1.40. The van der Waals surface area contributed by atoms with Crippen LogP contribution < -0.4 is 0 Å². The van der Waals surface area contributed by atoms with Crippen LogP contribution in [0.3, 0.4) is 0 Å². The minimum atomic E-state index is -0.131. The molecule has 0 fully saturated rings. The number of benzene rings is 2. The first-order chi connectivity index (χ1) is 14.2. The quantitative estimate of drug-likeness (QED) is 0.509. The normalized spacial score (nSPS) is 12.2. The molecular formula is C23H24N4O2. The highest BCUT2D eigenvalue weighted by atomic mass is 16.5. The molecule has 2 aromatic carbocycles. The van der Waals surface area contributed by atoms with Crippen LogP contribution in [-0.4, -0.2) is 39.5 Å². The molecule has 1 atom stereocenters. The number of rotatable bonds is 7. The number of hydrogen-bond donors (Lipinski definition) is 1. The highest BCUT2D eigenvalue weighted by molar-refractivity contribution is 5.84. The number of amides is 1. The zero-order chi connectivity index (χ0) is 20.2. The molecule has 0 spiro atoms. The minimum Gasteiger partial charge on any atom is -0.351 e. The molecule has 0 radical (unpaired) electrons. The lowest BCUT2D eigenvalue weighted by molar-refractivity contribution is -0.131. The number of hydrogen-bond acceptors (Lipinski definition) is 4. The molecule has 0 aliphatic rings. The Morgan fingerprint density at radius 2 is 1.90 bits per heavy atom. The van der Waals surface area contributed by atoms with E-state index in [-0.39, 0.29) is 11.8 Å². The first-order valence-electron chi connectivity index (χ1n) is 9.86. The molecule has 0 saturated heterocycles. The molecule has 6 heteroatoms. The molecule has 2 heterocycles. The maximum atomic E-state index is 12.9. The average molecular weight is 388 g/mol. The molecule has 1 amide bonds. The first-order valence-corrected chi connectivity index (χ1v) is 9.86. The first kappa shape index (κ1) is 18.9. The van der Waals surface area contributed by atoms with Crippen molar-refractivity contribution < 1.29 is 9.32 Å². The van der Waals surface area contributed by atoms with E-state index in [0.717, 1.165) is 28.6 Å². The van der Waals surface area contributed by atoms with Gasteiger partial charge in [-0.1, -0.05) is 60.6 Å². The largest absolute Gasteiger partial charge is 0.351 e.